The fourth-order valence-electron chi connectivity index (χ4n) is 2.65. The molecule has 142 valence electrons. The van der Waals surface area contributed by atoms with Gasteiger partial charge in [-0.15, -0.1) is 0 Å². The second-order valence-electron chi connectivity index (χ2n) is 6.07. The molecule has 0 aliphatic carbocycles. The molecule has 4 rings (SSSR count). The van der Waals surface area contributed by atoms with Gasteiger partial charge in [-0.25, -0.2) is 0 Å². The van der Waals surface area contributed by atoms with Crippen LogP contribution in [0.15, 0.2) is 65.5 Å². The normalized spacial score (nSPS) is 10.9. The molecule has 3 heterocycles. The molecule has 0 saturated carbocycles. The minimum Gasteiger partial charge on any atom is -0.454 e. The summed E-state index contributed by atoms with van der Waals surface area (Å²) in [6, 6.07) is 12.6. The highest BCUT2D eigenvalue weighted by Gasteiger charge is 2.16. The molecule has 0 atom stereocenters. The van der Waals surface area contributed by atoms with E-state index in [1.807, 2.05) is 36.5 Å². The monoisotopic (exact) mass is 415 g/mol. The van der Waals surface area contributed by atoms with Gasteiger partial charge >= 0.3 is 0 Å². The average molecular weight is 416 g/mol. The molecule has 0 fully saturated rings. The van der Waals surface area contributed by atoms with Crippen LogP contribution in [0.1, 0.15) is 21.9 Å². The highest BCUT2D eigenvalue weighted by Crippen LogP contribution is 2.21. The Kier molecular flexibility index (Phi) is 5.18. The molecule has 9 heteroatoms. The Morgan fingerprint density at radius 3 is 2.64 bits per heavy atom. The SMILES string of the molecule is O=C(Nc1nn(Cc2ccc(Cl)cc2)cc1Cl)c1ccc(Cn2cccn2)o1. The van der Waals surface area contributed by atoms with Crippen LogP contribution in [-0.4, -0.2) is 25.5 Å². The number of anilines is 1. The Morgan fingerprint density at radius 2 is 1.89 bits per heavy atom. The maximum Gasteiger partial charge on any atom is 0.292 e. The standard InChI is InChI=1S/C19H15Cl2N5O2/c20-14-4-2-13(3-5-14)10-26-12-16(21)18(24-26)23-19(27)17-7-6-15(28-17)11-25-9-1-8-22-25/h1-9,12H,10-11H2,(H,23,24,27). The quantitative estimate of drug-likeness (QED) is 0.508. The Bertz CT molecular complexity index is 1080. The molecular weight excluding hydrogens is 401 g/mol. The number of nitrogens with one attached hydrogen (secondary N) is 1. The van der Waals surface area contributed by atoms with E-state index in [9.17, 15) is 4.79 Å². The zero-order chi connectivity index (χ0) is 19.5. The lowest BCUT2D eigenvalue weighted by Gasteiger charge is -2.02. The number of nitrogens with zero attached hydrogens (tertiary/aromatic N) is 4. The molecule has 0 unspecified atom stereocenters. The van der Waals surface area contributed by atoms with E-state index in [-0.39, 0.29) is 11.6 Å². The number of rotatable bonds is 6. The lowest BCUT2D eigenvalue weighted by atomic mass is 10.2. The maximum absolute atomic E-state index is 12.4. The van der Waals surface area contributed by atoms with E-state index in [4.69, 9.17) is 27.6 Å². The van der Waals surface area contributed by atoms with E-state index < -0.39 is 5.91 Å². The van der Waals surface area contributed by atoms with Gasteiger partial charge in [0.1, 0.15) is 10.8 Å². The van der Waals surface area contributed by atoms with Crippen LogP contribution in [0.4, 0.5) is 5.82 Å². The number of carbonyl (C=O) groups is 1. The Labute approximate surface area is 170 Å². The lowest BCUT2D eigenvalue weighted by molar-refractivity contribution is 0.0994. The summed E-state index contributed by atoms with van der Waals surface area (Å²) in [4.78, 5) is 12.4. The number of carbonyl (C=O) groups excluding carboxylic acids is 1. The Hall–Kier alpha value is -3.03. The topological polar surface area (TPSA) is 77.9 Å². The van der Waals surface area contributed by atoms with Gasteiger partial charge in [0.05, 0.1) is 13.1 Å². The number of halogens is 2. The predicted octanol–water partition coefficient (Wildman–Crippen LogP) is 4.33. The van der Waals surface area contributed by atoms with Crippen LogP contribution >= 0.6 is 23.2 Å². The van der Waals surface area contributed by atoms with Crippen LogP contribution in [0.3, 0.4) is 0 Å². The smallest absolute Gasteiger partial charge is 0.292 e. The van der Waals surface area contributed by atoms with E-state index in [1.165, 1.54) is 0 Å². The van der Waals surface area contributed by atoms with Crippen molar-refractivity contribution in [3.8, 4) is 0 Å². The van der Waals surface area contributed by atoms with Gasteiger partial charge in [-0.05, 0) is 35.9 Å². The van der Waals surface area contributed by atoms with Gasteiger partial charge in [0.15, 0.2) is 11.6 Å². The number of hydrogen-bond donors (Lipinski definition) is 1. The van der Waals surface area contributed by atoms with E-state index >= 15 is 0 Å². The van der Waals surface area contributed by atoms with Crippen LogP contribution in [0.2, 0.25) is 10.0 Å². The van der Waals surface area contributed by atoms with Gasteiger partial charge in [-0.1, -0.05) is 35.3 Å². The van der Waals surface area contributed by atoms with Crippen molar-refractivity contribution in [2.45, 2.75) is 13.1 Å². The molecule has 3 aromatic heterocycles. The first-order chi connectivity index (χ1) is 13.6. The van der Waals surface area contributed by atoms with Crippen LogP contribution < -0.4 is 5.32 Å². The Balaban J connectivity index is 1.42. The minimum absolute atomic E-state index is 0.172. The molecule has 0 bridgehead atoms. The third kappa shape index (κ3) is 4.27. The summed E-state index contributed by atoms with van der Waals surface area (Å²) >= 11 is 12.1. The molecular formula is C19H15Cl2N5O2. The first kappa shape index (κ1) is 18.3. The third-order valence-corrected chi connectivity index (χ3v) is 4.50. The maximum atomic E-state index is 12.4. The number of aromatic nitrogens is 4. The molecule has 0 aliphatic rings. The molecule has 1 N–H and O–H groups in total. The summed E-state index contributed by atoms with van der Waals surface area (Å²) in [5.74, 6) is 0.634. The zero-order valence-corrected chi connectivity index (χ0v) is 16.1. The first-order valence-electron chi connectivity index (χ1n) is 8.42. The van der Waals surface area contributed by atoms with Gasteiger partial charge in [0.25, 0.3) is 5.91 Å². The lowest BCUT2D eigenvalue weighted by Crippen LogP contribution is -2.12. The summed E-state index contributed by atoms with van der Waals surface area (Å²) in [6.07, 6.45) is 5.14. The fraction of sp³-hybridized carbons (Fsp3) is 0.105. The van der Waals surface area contributed by atoms with Crippen molar-refractivity contribution in [1.82, 2.24) is 19.6 Å². The van der Waals surface area contributed by atoms with E-state index in [0.717, 1.165) is 5.56 Å². The van der Waals surface area contributed by atoms with E-state index in [2.05, 4.69) is 15.5 Å². The van der Waals surface area contributed by atoms with E-state index in [1.54, 1.807) is 33.9 Å². The van der Waals surface area contributed by atoms with Crippen molar-refractivity contribution in [1.29, 1.82) is 0 Å². The summed E-state index contributed by atoms with van der Waals surface area (Å²) in [7, 11) is 0. The summed E-state index contributed by atoms with van der Waals surface area (Å²) in [6.45, 7) is 0.943. The molecule has 7 nitrogen and oxygen atoms in total. The summed E-state index contributed by atoms with van der Waals surface area (Å²) in [5.41, 5.74) is 1.01. The van der Waals surface area contributed by atoms with Crippen molar-refractivity contribution >= 4 is 34.9 Å². The zero-order valence-electron chi connectivity index (χ0n) is 14.5. The molecule has 4 aromatic rings. The molecule has 1 amide bonds. The van der Waals surface area contributed by atoms with Crippen LogP contribution in [0.25, 0.3) is 0 Å². The highest BCUT2D eigenvalue weighted by atomic mass is 35.5. The molecule has 28 heavy (non-hydrogen) atoms. The molecule has 0 aliphatic heterocycles. The fourth-order valence-corrected chi connectivity index (χ4v) is 2.97. The average Bonchev–Trinajstić information content (AvgIpc) is 3.41. The van der Waals surface area contributed by atoms with Crippen molar-refractivity contribution in [2.75, 3.05) is 5.32 Å². The third-order valence-electron chi connectivity index (χ3n) is 3.97. The predicted molar refractivity (Wildman–Crippen MR) is 106 cm³/mol. The molecule has 0 spiro atoms. The van der Waals surface area contributed by atoms with Crippen molar-refractivity contribution in [3.05, 3.63) is 88.2 Å². The van der Waals surface area contributed by atoms with Crippen molar-refractivity contribution < 1.29 is 9.21 Å². The second kappa shape index (κ2) is 7.92. The van der Waals surface area contributed by atoms with Crippen LogP contribution in [0.5, 0.6) is 0 Å². The highest BCUT2D eigenvalue weighted by molar-refractivity contribution is 6.33. The number of hydrogen-bond acceptors (Lipinski definition) is 4. The van der Waals surface area contributed by atoms with Gasteiger partial charge in [0.2, 0.25) is 0 Å². The molecule has 1 aromatic carbocycles. The van der Waals surface area contributed by atoms with Gasteiger partial charge in [-0.2, -0.15) is 10.2 Å². The van der Waals surface area contributed by atoms with E-state index in [0.29, 0.717) is 28.9 Å². The van der Waals surface area contributed by atoms with Gasteiger partial charge in [-0.3, -0.25) is 14.2 Å². The van der Waals surface area contributed by atoms with Crippen molar-refractivity contribution in [2.24, 2.45) is 0 Å². The molecule has 0 radical (unpaired) electrons. The number of furan rings is 1. The number of benzene rings is 1. The minimum atomic E-state index is -0.426. The molecule has 0 saturated heterocycles. The second-order valence-corrected chi connectivity index (χ2v) is 6.92. The Morgan fingerprint density at radius 1 is 1.07 bits per heavy atom. The van der Waals surface area contributed by atoms with Crippen molar-refractivity contribution in [3.63, 3.8) is 0 Å². The van der Waals surface area contributed by atoms with Crippen LogP contribution in [0, 0.1) is 0 Å². The first-order valence-corrected chi connectivity index (χ1v) is 9.17. The van der Waals surface area contributed by atoms with Crippen LogP contribution in [-0.2, 0) is 13.1 Å². The summed E-state index contributed by atoms with van der Waals surface area (Å²) < 4.78 is 8.93. The summed E-state index contributed by atoms with van der Waals surface area (Å²) in [5, 5.41) is 12.1. The number of amides is 1. The van der Waals surface area contributed by atoms with Gasteiger partial charge < -0.3 is 9.73 Å². The largest absolute Gasteiger partial charge is 0.454 e. The van der Waals surface area contributed by atoms with Gasteiger partial charge in [0, 0.05) is 23.6 Å².